The first-order chi connectivity index (χ1) is 17.0. The van der Waals surface area contributed by atoms with E-state index in [-0.39, 0.29) is 24.9 Å². The van der Waals surface area contributed by atoms with Gasteiger partial charge in [0.05, 0.1) is 38.9 Å². The Bertz CT molecular complexity index is 1200. The highest BCUT2D eigenvalue weighted by molar-refractivity contribution is 5.95. The number of carbonyl (C=O) groups is 2. The summed E-state index contributed by atoms with van der Waals surface area (Å²) in [7, 11) is 4.47. The van der Waals surface area contributed by atoms with Crippen LogP contribution in [0.1, 0.15) is 16.2 Å². The molecule has 0 saturated heterocycles. The second-order valence-corrected chi connectivity index (χ2v) is 7.58. The molecule has 9 heteroatoms. The molecule has 0 atom stereocenters. The largest absolute Gasteiger partial charge is 0.493 e. The SMILES string of the molecule is C=CCN(CC=C)C(=O)Cn1c(CNC(=O)c2cc(OC)c(OC)c(OC)c2)nc2ccccc21. The minimum absolute atomic E-state index is 0.0670. The maximum absolute atomic E-state index is 13.0. The summed E-state index contributed by atoms with van der Waals surface area (Å²) in [6, 6.07) is 10.7. The normalized spacial score (nSPS) is 10.5. The van der Waals surface area contributed by atoms with Crippen LogP contribution in [0.15, 0.2) is 61.7 Å². The Hall–Kier alpha value is -4.27. The number of methoxy groups -OCH3 is 3. The number of hydrogen-bond donors (Lipinski definition) is 1. The maximum atomic E-state index is 13.0. The van der Waals surface area contributed by atoms with Crippen molar-refractivity contribution in [2.45, 2.75) is 13.1 Å². The van der Waals surface area contributed by atoms with E-state index in [2.05, 4.69) is 23.5 Å². The van der Waals surface area contributed by atoms with Crippen LogP contribution in [0, 0.1) is 0 Å². The van der Waals surface area contributed by atoms with Gasteiger partial charge in [-0.15, -0.1) is 13.2 Å². The lowest BCUT2D eigenvalue weighted by molar-refractivity contribution is -0.130. The number of aromatic nitrogens is 2. The van der Waals surface area contributed by atoms with Crippen molar-refractivity contribution in [3.8, 4) is 17.2 Å². The minimum Gasteiger partial charge on any atom is -0.493 e. The van der Waals surface area contributed by atoms with Crippen molar-refractivity contribution < 1.29 is 23.8 Å². The number of nitrogens with zero attached hydrogens (tertiary/aromatic N) is 3. The molecule has 0 aliphatic rings. The van der Waals surface area contributed by atoms with E-state index in [0.717, 1.165) is 11.0 Å². The lowest BCUT2D eigenvalue weighted by atomic mass is 10.1. The maximum Gasteiger partial charge on any atom is 0.251 e. The number of rotatable bonds is 12. The molecule has 3 aromatic rings. The quantitative estimate of drug-likeness (QED) is 0.402. The smallest absolute Gasteiger partial charge is 0.251 e. The van der Waals surface area contributed by atoms with Gasteiger partial charge in [-0.1, -0.05) is 24.3 Å². The molecule has 0 bridgehead atoms. The highest BCUT2D eigenvalue weighted by Gasteiger charge is 2.20. The molecule has 35 heavy (non-hydrogen) atoms. The summed E-state index contributed by atoms with van der Waals surface area (Å²) in [5.41, 5.74) is 1.87. The number of carbonyl (C=O) groups excluding carboxylic acids is 2. The van der Waals surface area contributed by atoms with Gasteiger partial charge in [0.2, 0.25) is 11.7 Å². The summed E-state index contributed by atoms with van der Waals surface area (Å²) in [4.78, 5) is 32.3. The summed E-state index contributed by atoms with van der Waals surface area (Å²) in [6.07, 6.45) is 3.35. The van der Waals surface area contributed by atoms with E-state index in [9.17, 15) is 9.59 Å². The van der Waals surface area contributed by atoms with Gasteiger partial charge in [0, 0.05) is 18.7 Å². The van der Waals surface area contributed by atoms with Crippen molar-refractivity contribution in [2.75, 3.05) is 34.4 Å². The fourth-order valence-corrected chi connectivity index (χ4v) is 3.74. The first-order valence-electron chi connectivity index (χ1n) is 11.0. The zero-order valence-corrected chi connectivity index (χ0v) is 20.2. The molecule has 0 radical (unpaired) electrons. The average molecular weight is 479 g/mol. The molecule has 1 aromatic heterocycles. The van der Waals surface area contributed by atoms with Crippen molar-refractivity contribution >= 4 is 22.8 Å². The number of fused-ring (bicyclic) bond motifs is 1. The van der Waals surface area contributed by atoms with Crippen LogP contribution in [-0.4, -0.2) is 60.7 Å². The number of hydrogen-bond acceptors (Lipinski definition) is 6. The van der Waals surface area contributed by atoms with Crippen LogP contribution in [0.3, 0.4) is 0 Å². The Morgan fingerprint density at radius 3 is 2.23 bits per heavy atom. The first kappa shape index (κ1) is 25.4. The van der Waals surface area contributed by atoms with Gasteiger partial charge < -0.3 is 29.0 Å². The molecule has 0 unspecified atom stereocenters. The summed E-state index contributed by atoms with van der Waals surface area (Å²) in [6.45, 7) is 8.44. The fourth-order valence-electron chi connectivity index (χ4n) is 3.74. The third kappa shape index (κ3) is 5.63. The molecule has 2 aromatic carbocycles. The van der Waals surface area contributed by atoms with Crippen molar-refractivity contribution in [3.63, 3.8) is 0 Å². The van der Waals surface area contributed by atoms with E-state index in [4.69, 9.17) is 14.2 Å². The molecular weight excluding hydrogens is 448 g/mol. The molecule has 184 valence electrons. The molecule has 2 amide bonds. The van der Waals surface area contributed by atoms with Gasteiger partial charge in [-0.25, -0.2) is 4.98 Å². The Morgan fingerprint density at radius 1 is 1.03 bits per heavy atom. The van der Waals surface area contributed by atoms with Crippen LogP contribution >= 0.6 is 0 Å². The predicted octanol–water partition coefficient (Wildman–Crippen LogP) is 3.19. The average Bonchev–Trinajstić information content (AvgIpc) is 3.23. The second-order valence-electron chi connectivity index (χ2n) is 7.58. The lowest BCUT2D eigenvalue weighted by Crippen LogP contribution is -2.35. The lowest BCUT2D eigenvalue weighted by Gasteiger charge is -2.20. The van der Waals surface area contributed by atoms with Gasteiger partial charge in [0.1, 0.15) is 12.4 Å². The number of nitrogens with one attached hydrogen (secondary N) is 1. The third-order valence-corrected chi connectivity index (χ3v) is 5.41. The molecule has 1 heterocycles. The first-order valence-corrected chi connectivity index (χ1v) is 11.0. The molecule has 1 N–H and O–H groups in total. The monoisotopic (exact) mass is 478 g/mol. The molecule has 9 nitrogen and oxygen atoms in total. The number of para-hydroxylation sites is 2. The van der Waals surface area contributed by atoms with Gasteiger partial charge in [-0.05, 0) is 24.3 Å². The Morgan fingerprint density at radius 2 is 1.66 bits per heavy atom. The molecule has 3 rings (SSSR count). The van der Waals surface area contributed by atoms with Gasteiger partial charge in [-0.2, -0.15) is 0 Å². The van der Waals surface area contributed by atoms with E-state index >= 15 is 0 Å². The van der Waals surface area contributed by atoms with Gasteiger partial charge >= 0.3 is 0 Å². The molecule has 0 fully saturated rings. The standard InChI is InChI=1S/C26H30N4O5/c1-6-12-29(13-7-2)24(31)17-30-20-11-9-8-10-19(20)28-23(30)16-27-26(32)18-14-21(33-3)25(35-5)22(15-18)34-4/h6-11,14-15H,1-2,12-13,16-17H2,3-5H3,(H,27,32). The van der Waals surface area contributed by atoms with E-state index in [1.54, 1.807) is 29.2 Å². The summed E-state index contributed by atoms with van der Waals surface area (Å²) < 4.78 is 17.8. The molecule has 0 saturated carbocycles. The van der Waals surface area contributed by atoms with Crippen LogP contribution in [0.5, 0.6) is 17.2 Å². The molecular formula is C26H30N4O5. The van der Waals surface area contributed by atoms with Crippen LogP contribution in [-0.2, 0) is 17.9 Å². The topological polar surface area (TPSA) is 94.9 Å². The van der Waals surface area contributed by atoms with Crippen molar-refractivity contribution in [3.05, 3.63) is 73.1 Å². The van der Waals surface area contributed by atoms with Gasteiger partial charge in [0.15, 0.2) is 11.5 Å². The van der Waals surface area contributed by atoms with Gasteiger partial charge in [-0.3, -0.25) is 9.59 Å². The van der Waals surface area contributed by atoms with Gasteiger partial charge in [0.25, 0.3) is 5.91 Å². The van der Waals surface area contributed by atoms with Crippen LogP contribution in [0.2, 0.25) is 0 Å². The van der Waals surface area contributed by atoms with E-state index < -0.39 is 0 Å². The van der Waals surface area contributed by atoms with Crippen molar-refractivity contribution in [1.82, 2.24) is 19.8 Å². The number of ether oxygens (including phenoxy) is 3. The Labute approximate surface area is 204 Å². The van der Waals surface area contributed by atoms with Crippen molar-refractivity contribution in [1.29, 1.82) is 0 Å². The Kier molecular flexibility index (Phi) is 8.50. The minimum atomic E-state index is -0.353. The van der Waals surface area contributed by atoms with E-state index in [0.29, 0.717) is 41.7 Å². The molecule has 0 aliphatic carbocycles. The molecule has 0 aliphatic heterocycles. The van der Waals surface area contributed by atoms with E-state index in [1.807, 2.05) is 28.8 Å². The van der Waals surface area contributed by atoms with Crippen LogP contribution in [0.25, 0.3) is 11.0 Å². The Balaban J connectivity index is 1.87. The highest BCUT2D eigenvalue weighted by Crippen LogP contribution is 2.38. The number of imidazole rings is 1. The number of amides is 2. The highest BCUT2D eigenvalue weighted by atomic mass is 16.5. The zero-order valence-electron chi connectivity index (χ0n) is 20.2. The van der Waals surface area contributed by atoms with Crippen molar-refractivity contribution in [2.24, 2.45) is 0 Å². The van der Waals surface area contributed by atoms with Crippen LogP contribution in [0.4, 0.5) is 0 Å². The summed E-state index contributed by atoms with van der Waals surface area (Å²) in [5.74, 6) is 1.24. The zero-order chi connectivity index (χ0) is 25.4. The summed E-state index contributed by atoms with van der Waals surface area (Å²) in [5, 5.41) is 2.88. The number of benzene rings is 2. The third-order valence-electron chi connectivity index (χ3n) is 5.41. The molecule has 0 spiro atoms. The van der Waals surface area contributed by atoms with E-state index in [1.165, 1.54) is 21.3 Å². The van der Waals surface area contributed by atoms with Crippen LogP contribution < -0.4 is 19.5 Å². The predicted molar refractivity (Wildman–Crippen MR) is 134 cm³/mol. The summed E-state index contributed by atoms with van der Waals surface area (Å²) >= 11 is 0. The second kappa shape index (κ2) is 11.7. The fraction of sp³-hybridized carbons (Fsp3) is 0.269.